The summed E-state index contributed by atoms with van der Waals surface area (Å²) in [6.07, 6.45) is 5.54. The molecule has 3 rings (SSSR count). The number of benzene rings is 2. The normalized spacial score (nSPS) is 15.2. The van der Waals surface area contributed by atoms with Crippen LogP contribution in [0.1, 0.15) is 55.7 Å². The van der Waals surface area contributed by atoms with Crippen LogP contribution in [0.2, 0.25) is 10.0 Å². The maximum atomic E-state index is 13.3. The Morgan fingerprint density at radius 2 is 1.76 bits per heavy atom. The quantitative estimate of drug-likeness (QED) is 0.427. The Balaban J connectivity index is 1.68. The Labute approximate surface area is 211 Å². The maximum absolute atomic E-state index is 13.3. The number of carbonyl (C=O) groups is 2. The second-order valence-corrected chi connectivity index (χ2v) is 10.5. The van der Waals surface area contributed by atoms with Crippen molar-refractivity contribution in [1.82, 2.24) is 10.2 Å². The predicted molar refractivity (Wildman–Crippen MR) is 139 cm³/mol. The summed E-state index contributed by atoms with van der Waals surface area (Å²) in [4.78, 5) is 28.0. The first-order valence-corrected chi connectivity index (χ1v) is 13.4. The Morgan fingerprint density at radius 1 is 1.09 bits per heavy atom. The van der Waals surface area contributed by atoms with Crippen molar-refractivity contribution in [2.24, 2.45) is 0 Å². The van der Waals surface area contributed by atoms with Gasteiger partial charge < -0.3 is 10.2 Å². The number of nitrogens with one attached hydrogen (secondary N) is 1. The topological polar surface area (TPSA) is 49.4 Å². The molecule has 1 atom stereocenters. The molecule has 7 heteroatoms. The van der Waals surface area contributed by atoms with E-state index in [-0.39, 0.29) is 23.6 Å². The van der Waals surface area contributed by atoms with Crippen molar-refractivity contribution in [1.29, 1.82) is 0 Å². The highest BCUT2D eigenvalue weighted by Crippen LogP contribution is 2.28. The SMILES string of the molecule is Cc1cccc(CN(C(=O)CSCc2c(Cl)cccc2Cl)[C@@H](C)C(=O)NC2CCCCC2)c1. The van der Waals surface area contributed by atoms with E-state index in [1.165, 1.54) is 18.2 Å². The highest BCUT2D eigenvalue weighted by atomic mass is 35.5. The number of rotatable bonds is 9. The summed E-state index contributed by atoms with van der Waals surface area (Å²) in [5.41, 5.74) is 2.97. The minimum absolute atomic E-state index is 0.0732. The molecule has 1 saturated carbocycles. The van der Waals surface area contributed by atoms with Crippen LogP contribution in [0.15, 0.2) is 42.5 Å². The van der Waals surface area contributed by atoms with Crippen molar-refractivity contribution in [2.75, 3.05) is 5.75 Å². The zero-order valence-corrected chi connectivity index (χ0v) is 21.6. The highest BCUT2D eigenvalue weighted by molar-refractivity contribution is 7.99. The molecule has 2 aromatic rings. The standard InChI is InChI=1S/C26H32Cl2N2O2S/c1-18-8-6-9-20(14-18)15-30(19(2)26(32)29-21-10-4-3-5-11-21)25(31)17-33-16-22-23(27)12-7-13-24(22)28/h6-9,12-14,19,21H,3-5,10-11,15-17H2,1-2H3,(H,29,32)/t19-/m0/s1. The number of nitrogens with zero attached hydrogens (tertiary/aromatic N) is 1. The molecular formula is C26H32Cl2N2O2S. The van der Waals surface area contributed by atoms with Gasteiger partial charge >= 0.3 is 0 Å². The second-order valence-electron chi connectivity index (χ2n) is 8.72. The summed E-state index contributed by atoms with van der Waals surface area (Å²) in [5.74, 6) is 0.623. The van der Waals surface area contributed by atoms with Crippen molar-refractivity contribution in [2.45, 2.75) is 70.3 Å². The summed E-state index contributed by atoms with van der Waals surface area (Å²) in [7, 11) is 0. The van der Waals surface area contributed by atoms with Gasteiger partial charge in [-0.25, -0.2) is 0 Å². The van der Waals surface area contributed by atoms with Crippen LogP contribution >= 0.6 is 35.0 Å². The zero-order chi connectivity index (χ0) is 23.8. The lowest BCUT2D eigenvalue weighted by Gasteiger charge is -2.31. The number of carbonyl (C=O) groups excluding carboxylic acids is 2. The van der Waals surface area contributed by atoms with E-state index in [2.05, 4.69) is 11.4 Å². The zero-order valence-electron chi connectivity index (χ0n) is 19.3. The van der Waals surface area contributed by atoms with Crippen LogP contribution in [0.3, 0.4) is 0 Å². The fourth-order valence-corrected chi connectivity index (χ4v) is 5.80. The van der Waals surface area contributed by atoms with E-state index >= 15 is 0 Å². The van der Waals surface area contributed by atoms with Gasteiger partial charge in [0.15, 0.2) is 0 Å². The molecule has 33 heavy (non-hydrogen) atoms. The number of hydrogen-bond acceptors (Lipinski definition) is 3. The van der Waals surface area contributed by atoms with E-state index in [1.54, 1.807) is 23.1 Å². The van der Waals surface area contributed by atoms with Crippen LogP contribution in [0.4, 0.5) is 0 Å². The molecule has 2 aromatic carbocycles. The van der Waals surface area contributed by atoms with E-state index in [4.69, 9.17) is 23.2 Å². The first kappa shape index (κ1) is 25.9. The molecule has 4 nitrogen and oxygen atoms in total. The van der Waals surface area contributed by atoms with Gasteiger partial charge in [-0.3, -0.25) is 9.59 Å². The molecule has 0 unspecified atom stereocenters. The Morgan fingerprint density at radius 3 is 2.42 bits per heavy atom. The van der Waals surface area contributed by atoms with Crippen LogP contribution < -0.4 is 5.32 Å². The summed E-state index contributed by atoms with van der Waals surface area (Å²) < 4.78 is 0. The molecule has 0 radical (unpaired) electrons. The Kier molecular flexibility index (Phi) is 9.96. The van der Waals surface area contributed by atoms with E-state index < -0.39 is 6.04 Å². The van der Waals surface area contributed by atoms with Crippen LogP contribution in [0.25, 0.3) is 0 Å². The van der Waals surface area contributed by atoms with E-state index in [1.807, 2.05) is 32.0 Å². The van der Waals surface area contributed by atoms with Gasteiger partial charge in [-0.2, -0.15) is 0 Å². The number of amides is 2. The molecule has 1 aliphatic rings. The number of hydrogen-bond donors (Lipinski definition) is 1. The van der Waals surface area contributed by atoms with Crippen LogP contribution in [-0.2, 0) is 21.9 Å². The lowest BCUT2D eigenvalue weighted by Crippen LogP contribution is -2.50. The third-order valence-corrected chi connectivity index (χ3v) is 7.74. The van der Waals surface area contributed by atoms with Gasteiger partial charge in [0.05, 0.1) is 5.75 Å². The van der Waals surface area contributed by atoms with Crippen molar-refractivity contribution in [3.05, 3.63) is 69.2 Å². The average molecular weight is 508 g/mol. The van der Waals surface area contributed by atoms with Gasteiger partial charge in [0.25, 0.3) is 0 Å². The fourth-order valence-electron chi connectivity index (χ4n) is 4.15. The Bertz CT molecular complexity index is 943. The van der Waals surface area contributed by atoms with Gasteiger partial charge in [-0.1, -0.05) is 78.4 Å². The minimum Gasteiger partial charge on any atom is -0.352 e. The summed E-state index contributed by atoms with van der Waals surface area (Å²) in [6.45, 7) is 4.24. The fraction of sp³-hybridized carbons (Fsp3) is 0.462. The summed E-state index contributed by atoms with van der Waals surface area (Å²) in [5, 5.41) is 4.37. The maximum Gasteiger partial charge on any atom is 0.242 e. The molecule has 1 N–H and O–H groups in total. The lowest BCUT2D eigenvalue weighted by atomic mass is 9.95. The third kappa shape index (κ3) is 7.66. The van der Waals surface area contributed by atoms with Gasteiger partial charge in [-0.05, 0) is 49.9 Å². The molecule has 1 aliphatic carbocycles. The highest BCUT2D eigenvalue weighted by Gasteiger charge is 2.28. The van der Waals surface area contributed by atoms with Crippen LogP contribution in [-0.4, -0.2) is 34.6 Å². The second kappa shape index (κ2) is 12.7. The smallest absolute Gasteiger partial charge is 0.242 e. The van der Waals surface area contributed by atoms with E-state index in [0.717, 1.165) is 42.4 Å². The summed E-state index contributed by atoms with van der Waals surface area (Å²) >= 11 is 14.0. The molecule has 0 spiro atoms. The molecule has 0 bridgehead atoms. The van der Waals surface area contributed by atoms with Gasteiger partial charge in [0, 0.05) is 28.4 Å². The van der Waals surface area contributed by atoms with Gasteiger partial charge in [0.2, 0.25) is 11.8 Å². The number of thioether (sulfide) groups is 1. The molecule has 2 amide bonds. The van der Waals surface area contributed by atoms with E-state index in [9.17, 15) is 9.59 Å². The molecular weight excluding hydrogens is 475 g/mol. The van der Waals surface area contributed by atoms with Crippen LogP contribution in [0.5, 0.6) is 0 Å². The van der Waals surface area contributed by atoms with Crippen molar-refractivity contribution in [3.63, 3.8) is 0 Å². The number of aryl methyl sites for hydroxylation is 1. The van der Waals surface area contributed by atoms with Crippen molar-refractivity contribution >= 4 is 46.8 Å². The largest absolute Gasteiger partial charge is 0.352 e. The summed E-state index contributed by atoms with van der Waals surface area (Å²) in [6, 6.07) is 13.1. The number of halogens is 2. The molecule has 0 aromatic heterocycles. The molecule has 1 fully saturated rings. The average Bonchev–Trinajstić information content (AvgIpc) is 2.79. The van der Waals surface area contributed by atoms with Gasteiger partial charge in [0.1, 0.15) is 6.04 Å². The molecule has 0 aliphatic heterocycles. The molecule has 0 saturated heterocycles. The first-order chi connectivity index (χ1) is 15.8. The van der Waals surface area contributed by atoms with Crippen molar-refractivity contribution in [3.8, 4) is 0 Å². The van der Waals surface area contributed by atoms with E-state index in [0.29, 0.717) is 22.3 Å². The van der Waals surface area contributed by atoms with Crippen LogP contribution in [0, 0.1) is 6.92 Å². The first-order valence-electron chi connectivity index (χ1n) is 11.5. The third-order valence-electron chi connectivity index (χ3n) is 6.09. The molecule has 0 heterocycles. The lowest BCUT2D eigenvalue weighted by molar-refractivity contribution is -0.139. The Hall–Kier alpha value is -1.69. The molecule has 178 valence electrons. The predicted octanol–water partition coefficient (Wildman–Crippen LogP) is 6.40. The van der Waals surface area contributed by atoms with Gasteiger partial charge in [-0.15, -0.1) is 11.8 Å². The van der Waals surface area contributed by atoms with Crippen molar-refractivity contribution < 1.29 is 9.59 Å². The minimum atomic E-state index is -0.551. The monoisotopic (exact) mass is 506 g/mol.